The van der Waals surface area contributed by atoms with Gasteiger partial charge in [0.15, 0.2) is 5.82 Å². The summed E-state index contributed by atoms with van der Waals surface area (Å²) in [5.41, 5.74) is 3.30. The molecule has 0 atom stereocenters. The molecular formula is C27H35N5O3. The van der Waals surface area contributed by atoms with E-state index in [1.54, 1.807) is 11.1 Å². The van der Waals surface area contributed by atoms with Gasteiger partial charge in [-0.2, -0.15) is 0 Å². The molecule has 0 aliphatic carbocycles. The number of aromatic nitrogens is 3. The molecule has 1 aliphatic heterocycles. The van der Waals surface area contributed by atoms with E-state index in [1.165, 1.54) is 0 Å². The molecule has 1 aliphatic rings. The molecule has 8 nitrogen and oxygen atoms in total. The number of piperazine rings is 1. The third kappa shape index (κ3) is 5.42. The van der Waals surface area contributed by atoms with Gasteiger partial charge >= 0.3 is 11.8 Å². The summed E-state index contributed by atoms with van der Waals surface area (Å²) >= 11 is 0. The maximum Gasteiger partial charge on any atom is 0.410 e. The standard InChI is InChI=1S/C27H35N5O3/c1-6-20(2)18-31-22-12-13-28-24(23(22)32(25(31)33)19-21-10-8-7-9-11-21)29-14-16-30(17-15-29)26(34)35-27(3,4)5/h6-13H,14-19H2,1-5H3/b20-6+. The number of hydrogen-bond acceptors (Lipinski definition) is 5. The highest BCUT2D eigenvalue weighted by molar-refractivity contribution is 5.87. The van der Waals surface area contributed by atoms with Crippen LogP contribution in [0.2, 0.25) is 0 Å². The van der Waals surface area contributed by atoms with Gasteiger partial charge in [0, 0.05) is 38.9 Å². The van der Waals surface area contributed by atoms with Gasteiger partial charge in [-0.15, -0.1) is 0 Å². The SMILES string of the molecule is C/C=C(\C)Cn1c(=O)n(Cc2ccccc2)c2c(N3CCN(C(=O)OC(C)(C)C)CC3)nccc21. The molecule has 2 aromatic heterocycles. The van der Waals surface area contributed by atoms with Gasteiger partial charge in [0.1, 0.15) is 11.1 Å². The smallest absolute Gasteiger partial charge is 0.410 e. The Morgan fingerprint density at radius 2 is 1.74 bits per heavy atom. The molecule has 0 radical (unpaired) electrons. The highest BCUT2D eigenvalue weighted by Gasteiger charge is 2.28. The Bertz CT molecular complexity index is 1280. The number of carbonyl (C=O) groups is 1. The molecule has 1 saturated heterocycles. The van der Waals surface area contributed by atoms with Crippen LogP contribution >= 0.6 is 0 Å². The van der Waals surface area contributed by atoms with Crippen LogP contribution in [0, 0.1) is 0 Å². The molecule has 4 rings (SSSR count). The minimum atomic E-state index is -0.525. The van der Waals surface area contributed by atoms with Crippen molar-refractivity contribution in [2.24, 2.45) is 0 Å². The zero-order chi connectivity index (χ0) is 25.2. The Balaban J connectivity index is 1.70. The fraction of sp³-hybridized carbons (Fsp3) is 0.444. The largest absolute Gasteiger partial charge is 0.444 e. The number of amides is 1. The first-order valence-electron chi connectivity index (χ1n) is 12.1. The molecule has 3 aromatic rings. The number of rotatable bonds is 5. The summed E-state index contributed by atoms with van der Waals surface area (Å²) in [4.78, 5) is 34.8. The first-order valence-corrected chi connectivity index (χ1v) is 12.1. The van der Waals surface area contributed by atoms with Crippen molar-refractivity contribution in [1.29, 1.82) is 0 Å². The fourth-order valence-electron chi connectivity index (χ4n) is 4.32. The van der Waals surface area contributed by atoms with Crippen molar-refractivity contribution in [3.05, 3.63) is 70.3 Å². The second-order valence-electron chi connectivity index (χ2n) is 10.0. The summed E-state index contributed by atoms with van der Waals surface area (Å²) in [6.07, 6.45) is 3.51. The van der Waals surface area contributed by atoms with Gasteiger partial charge in [0.2, 0.25) is 0 Å². The topological polar surface area (TPSA) is 72.6 Å². The quantitative estimate of drug-likeness (QED) is 0.513. The highest BCUT2D eigenvalue weighted by Crippen LogP contribution is 2.26. The number of imidazole rings is 1. The van der Waals surface area contributed by atoms with Crippen LogP contribution in [0.3, 0.4) is 0 Å². The number of fused-ring (bicyclic) bond motifs is 1. The van der Waals surface area contributed by atoms with Crippen molar-refractivity contribution in [2.45, 2.75) is 53.3 Å². The average Bonchev–Trinajstić information content (AvgIpc) is 3.09. The number of benzene rings is 1. The Labute approximate surface area is 206 Å². The van der Waals surface area contributed by atoms with Crippen LogP contribution in [0.25, 0.3) is 11.0 Å². The van der Waals surface area contributed by atoms with E-state index in [9.17, 15) is 9.59 Å². The Hall–Kier alpha value is -3.55. The molecule has 186 valence electrons. The first kappa shape index (κ1) is 24.6. The molecule has 35 heavy (non-hydrogen) atoms. The number of ether oxygens (including phenoxy) is 1. The monoisotopic (exact) mass is 477 g/mol. The van der Waals surface area contributed by atoms with Crippen molar-refractivity contribution in [2.75, 3.05) is 31.1 Å². The summed E-state index contributed by atoms with van der Waals surface area (Å²) in [7, 11) is 0. The second-order valence-corrected chi connectivity index (χ2v) is 10.0. The van der Waals surface area contributed by atoms with Gasteiger partial charge in [-0.3, -0.25) is 9.13 Å². The van der Waals surface area contributed by atoms with Crippen LogP contribution in [0.5, 0.6) is 0 Å². The van der Waals surface area contributed by atoms with E-state index in [1.807, 2.05) is 86.2 Å². The van der Waals surface area contributed by atoms with Gasteiger partial charge in [-0.05, 0) is 46.2 Å². The number of allylic oxidation sites excluding steroid dienone is 2. The zero-order valence-electron chi connectivity index (χ0n) is 21.3. The van der Waals surface area contributed by atoms with E-state index >= 15 is 0 Å². The normalized spacial score (nSPS) is 15.1. The van der Waals surface area contributed by atoms with Crippen molar-refractivity contribution >= 4 is 22.9 Å². The van der Waals surface area contributed by atoms with Crippen LogP contribution in [0.1, 0.15) is 40.2 Å². The van der Waals surface area contributed by atoms with Gasteiger partial charge in [-0.25, -0.2) is 14.6 Å². The third-order valence-electron chi connectivity index (χ3n) is 6.22. The Morgan fingerprint density at radius 3 is 2.37 bits per heavy atom. The van der Waals surface area contributed by atoms with E-state index in [0.29, 0.717) is 39.3 Å². The molecule has 3 heterocycles. The van der Waals surface area contributed by atoms with Crippen molar-refractivity contribution in [1.82, 2.24) is 19.0 Å². The van der Waals surface area contributed by atoms with E-state index in [0.717, 1.165) is 28.0 Å². The molecule has 1 amide bonds. The molecule has 8 heteroatoms. The molecular weight excluding hydrogens is 442 g/mol. The lowest BCUT2D eigenvalue weighted by molar-refractivity contribution is 0.0240. The number of pyridine rings is 1. The summed E-state index contributed by atoms with van der Waals surface area (Å²) in [6, 6.07) is 11.9. The molecule has 1 fully saturated rings. The van der Waals surface area contributed by atoms with E-state index < -0.39 is 5.60 Å². The highest BCUT2D eigenvalue weighted by atomic mass is 16.6. The Morgan fingerprint density at radius 1 is 1.06 bits per heavy atom. The molecule has 0 spiro atoms. The summed E-state index contributed by atoms with van der Waals surface area (Å²) in [6.45, 7) is 12.9. The maximum atomic E-state index is 13.6. The molecule has 0 bridgehead atoms. The lowest BCUT2D eigenvalue weighted by atomic mass is 10.2. The number of hydrogen-bond donors (Lipinski definition) is 0. The summed E-state index contributed by atoms with van der Waals surface area (Å²) in [5, 5.41) is 0. The van der Waals surface area contributed by atoms with Crippen molar-refractivity contribution in [3.63, 3.8) is 0 Å². The molecule has 0 saturated carbocycles. The lowest BCUT2D eigenvalue weighted by Gasteiger charge is -2.36. The molecule has 0 N–H and O–H groups in total. The van der Waals surface area contributed by atoms with Gasteiger partial charge in [0.05, 0.1) is 12.1 Å². The predicted molar refractivity (Wildman–Crippen MR) is 139 cm³/mol. The van der Waals surface area contributed by atoms with Crippen LogP contribution in [-0.4, -0.2) is 56.9 Å². The predicted octanol–water partition coefficient (Wildman–Crippen LogP) is 4.27. The Kier molecular flexibility index (Phi) is 7.00. The minimum absolute atomic E-state index is 0.0494. The lowest BCUT2D eigenvalue weighted by Crippen LogP contribution is -2.50. The van der Waals surface area contributed by atoms with E-state index in [4.69, 9.17) is 9.72 Å². The molecule has 1 aromatic carbocycles. The van der Waals surface area contributed by atoms with Gasteiger partial charge in [-0.1, -0.05) is 42.0 Å². The van der Waals surface area contributed by atoms with Crippen molar-refractivity contribution < 1.29 is 9.53 Å². The molecule has 0 unspecified atom stereocenters. The fourth-order valence-corrected chi connectivity index (χ4v) is 4.32. The number of anilines is 1. The third-order valence-corrected chi connectivity index (χ3v) is 6.22. The van der Waals surface area contributed by atoms with Gasteiger partial charge in [0.25, 0.3) is 0 Å². The number of carbonyl (C=O) groups excluding carboxylic acids is 1. The summed E-state index contributed by atoms with van der Waals surface area (Å²) in [5.74, 6) is 0.774. The zero-order valence-corrected chi connectivity index (χ0v) is 21.3. The summed E-state index contributed by atoms with van der Waals surface area (Å²) < 4.78 is 9.20. The van der Waals surface area contributed by atoms with Crippen LogP contribution < -0.4 is 10.6 Å². The van der Waals surface area contributed by atoms with Crippen LogP contribution in [0.15, 0.2) is 59.0 Å². The average molecular weight is 478 g/mol. The van der Waals surface area contributed by atoms with E-state index in [2.05, 4.69) is 4.90 Å². The second kappa shape index (κ2) is 9.98. The van der Waals surface area contributed by atoms with Crippen LogP contribution in [0.4, 0.5) is 10.6 Å². The van der Waals surface area contributed by atoms with Gasteiger partial charge < -0.3 is 14.5 Å². The minimum Gasteiger partial charge on any atom is -0.444 e. The van der Waals surface area contributed by atoms with E-state index in [-0.39, 0.29) is 11.8 Å². The number of nitrogens with zero attached hydrogens (tertiary/aromatic N) is 5. The maximum absolute atomic E-state index is 13.6. The first-order chi connectivity index (χ1) is 16.7. The van der Waals surface area contributed by atoms with Crippen LogP contribution in [-0.2, 0) is 17.8 Å². The van der Waals surface area contributed by atoms with Crippen molar-refractivity contribution in [3.8, 4) is 0 Å².